The van der Waals surface area contributed by atoms with E-state index in [2.05, 4.69) is 4.98 Å². The van der Waals surface area contributed by atoms with Gasteiger partial charge >= 0.3 is 0 Å². The van der Waals surface area contributed by atoms with Gasteiger partial charge in [0.25, 0.3) is 5.91 Å². The highest BCUT2D eigenvalue weighted by Crippen LogP contribution is 2.36. The summed E-state index contributed by atoms with van der Waals surface area (Å²) < 4.78 is 5.69. The van der Waals surface area contributed by atoms with E-state index < -0.39 is 0 Å². The van der Waals surface area contributed by atoms with Gasteiger partial charge in [0.05, 0.1) is 17.9 Å². The van der Waals surface area contributed by atoms with Crippen molar-refractivity contribution in [2.75, 3.05) is 18.8 Å². The molecule has 5 nitrogen and oxygen atoms in total. The van der Waals surface area contributed by atoms with Gasteiger partial charge < -0.3 is 15.4 Å². The Morgan fingerprint density at radius 3 is 2.64 bits per heavy atom. The molecular formula is C16H21N3O2S. The van der Waals surface area contributed by atoms with Crippen LogP contribution in [0.3, 0.4) is 0 Å². The van der Waals surface area contributed by atoms with Gasteiger partial charge in [0, 0.05) is 24.2 Å². The fourth-order valence-corrected chi connectivity index (χ4v) is 4.30. The lowest BCUT2D eigenvalue weighted by Gasteiger charge is -2.35. The molecule has 0 aromatic carbocycles. The summed E-state index contributed by atoms with van der Waals surface area (Å²) in [6.45, 7) is 9.13. The maximum absolute atomic E-state index is 12.9. The van der Waals surface area contributed by atoms with Gasteiger partial charge in [-0.15, -0.1) is 11.3 Å². The number of pyridine rings is 1. The van der Waals surface area contributed by atoms with Crippen molar-refractivity contribution in [2.45, 2.75) is 39.9 Å². The monoisotopic (exact) mass is 319 g/mol. The van der Waals surface area contributed by atoms with Gasteiger partial charge in [0.2, 0.25) is 0 Å². The maximum Gasteiger partial charge on any atom is 0.266 e. The third-order valence-corrected chi connectivity index (χ3v) is 5.01. The number of carbonyl (C=O) groups is 1. The van der Waals surface area contributed by atoms with Crippen LogP contribution in [0.5, 0.6) is 0 Å². The van der Waals surface area contributed by atoms with Crippen molar-refractivity contribution < 1.29 is 9.53 Å². The molecule has 118 valence electrons. The second-order valence-corrected chi connectivity index (χ2v) is 7.07. The van der Waals surface area contributed by atoms with Gasteiger partial charge in [-0.05, 0) is 39.3 Å². The first-order valence-corrected chi connectivity index (χ1v) is 8.29. The van der Waals surface area contributed by atoms with Gasteiger partial charge in [0.15, 0.2) is 0 Å². The number of morpholine rings is 1. The molecule has 1 aliphatic rings. The Kier molecular flexibility index (Phi) is 3.82. The number of carbonyl (C=O) groups excluding carboxylic acids is 1. The van der Waals surface area contributed by atoms with Crippen molar-refractivity contribution in [1.82, 2.24) is 9.88 Å². The van der Waals surface area contributed by atoms with Crippen molar-refractivity contribution in [1.29, 1.82) is 0 Å². The Bertz CT molecular complexity index is 731. The number of aromatic nitrogens is 1. The minimum absolute atomic E-state index is 0.0143. The quantitative estimate of drug-likeness (QED) is 0.877. The summed E-state index contributed by atoms with van der Waals surface area (Å²) in [7, 11) is 0. The summed E-state index contributed by atoms with van der Waals surface area (Å²) in [6.07, 6.45) is 0.0933. The van der Waals surface area contributed by atoms with E-state index in [4.69, 9.17) is 10.5 Å². The topological polar surface area (TPSA) is 68.5 Å². The van der Waals surface area contributed by atoms with E-state index in [9.17, 15) is 4.79 Å². The first kappa shape index (κ1) is 15.2. The van der Waals surface area contributed by atoms with E-state index in [1.54, 1.807) is 0 Å². The van der Waals surface area contributed by atoms with Gasteiger partial charge in [0.1, 0.15) is 9.71 Å². The van der Waals surface area contributed by atoms with E-state index in [1.165, 1.54) is 11.3 Å². The SMILES string of the molecule is Cc1cc(C)c2c(N)c(C(=O)N3C[C@H](C)O[C@@H](C)C3)sc2n1. The number of hydrogen-bond donors (Lipinski definition) is 1. The van der Waals surface area contributed by atoms with Crippen LogP contribution in [0.4, 0.5) is 5.69 Å². The number of nitrogens with two attached hydrogens (primary N) is 1. The molecule has 0 saturated carbocycles. The predicted molar refractivity (Wildman–Crippen MR) is 89.4 cm³/mol. The number of amides is 1. The average molecular weight is 319 g/mol. The maximum atomic E-state index is 12.9. The molecule has 1 aliphatic heterocycles. The molecule has 3 rings (SSSR count). The minimum atomic E-state index is -0.0143. The molecule has 0 bridgehead atoms. The number of hydrogen-bond acceptors (Lipinski definition) is 5. The first-order chi connectivity index (χ1) is 10.4. The number of anilines is 1. The summed E-state index contributed by atoms with van der Waals surface area (Å²) in [5.41, 5.74) is 8.83. The van der Waals surface area contributed by atoms with Crippen LogP contribution in [0.15, 0.2) is 6.07 Å². The number of nitrogen functional groups attached to an aromatic ring is 1. The highest BCUT2D eigenvalue weighted by molar-refractivity contribution is 7.21. The van der Waals surface area contributed by atoms with E-state index in [1.807, 2.05) is 38.7 Å². The molecule has 2 atom stereocenters. The van der Waals surface area contributed by atoms with E-state index in [0.717, 1.165) is 21.5 Å². The molecule has 1 fully saturated rings. The number of aryl methyl sites for hydroxylation is 2. The standard InChI is InChI=1S/C16H21N3O2S/c1-8-5-9(2)18-15-12(8)13(17)14(22-15)16(20)19-6-10(3)21-11(4)7-19/h5,10-11H,6-7,17H2,1-4H3/t10-,11-/m0/s1. The van der Waals surface area contributed by atoms with Gasteiger partial charge in [-0.2, -0.15) is 0 Å². The lowest BCUT2D eigenvalue weighted by molar-refractivity contribution is -0.0584. The first-order valence-electron chi connectivity index (χ1n) is 7.47. The fraction of sp³-hybridized carbons (Fsp3) is 0.500. The molecule has 0 unspecified atom stereocenters. The van der Waals surface area contributed by atoms with Crippen LogP contribution in [0.2, 0.25) is 0 Å². The minimum Gasteiger partial charge on any atom is -0.397 e. The Balaban J connectivity index is 2.01. The lowest BCUT2D eigenvalue weighted by Crippen LogP contribution is -2.48. The summed E-state index contributed by atoms with van der Waals surface area (Å²) in [5.74, 6) is -0.0143. The Labute approximate surface area is 134 Å². The van der Waals surface area contributed by atoms with E-state index in [-0.39, 0.29) is 18.1 Å². The van der Waals surface area contributed by atoms with Crippen molar-refractivity contribution in [3.63, 3.8) is 0 Å². The number of fused-ring (bicyclic) bond motifs is 1. The second-order valence-electron chi connectivity index (χ2n) is 6.07. The molecule has 0 radical (unpaired) electrons. The zero-order valence-electron chi connectivity index (χ0n) is 13.3. The molecule has 22 heavy (non-hydrogen) atoms. The molecule has 1 saturated heterocycles. The summed E-state index contributed by atoms with van der Waals surface area (Å²) in [5, 5.41) is 0.910. The molecule has 1 amide bonds. The van der Waals surface area contributed by atoms with Crippen LogP contribution in [-0.4, -0.2) is 41.1 Å². The van der Waals surface area contributed by atoms with Gasteiger partial charge in [-0.1, -0.05) is 0 Å². The Morgan fingerprint density at radius 2 is 2.00 bits per heavy atom. The zero-order valence-corrected chi connectivity index (χ0v) is 14.2. The van der Waals surface area contributed by atoms with Crippen molar-refractivity contribution in [3.8, 4) is 0 Å². The third-order valence-electron chi connectivity index (χ3n) is 3.93. The number of ether oxygens (including phenoxy) is 1. The average Bonchev–Trinajstić information content (AvgIpc) is 2.73. The Hall–Kier alpha value is -1.66. The molecule has 2 aromatic rings. The number of thiophene rings is 1. The largest absolute Gasteiger partial charge is 0.397 e. The molecule has 6 heteroatoms. The number of nitrogens with zero attached hydrogens (tertiary/aromatic N) is 2. The summed E-state index contributed by atoms with van der Waals surface area (Å²) in [6, 6.07) is 2.00. The second kappa shape index (κ2) is 5.52. The van der Waals surface area contributed by atoms with Crippen LogP contribution in [-0.2, 0) is 4.74 Å². The highest BCUT2D eigenvalue weighted by Gasteiger charge is 2.29. The highest BCUT2D eigenvalue weighted by atomic mass is 32.1. The van der Waals surface area contributed by atoms with Crippen LogP contribution < -0.4 is 5.73 Å². The molecular weight excluding hydrogens is 298 g/mol. The van der Waals surface area contributed by atoms with E-state index >= 15 is 0 Å². The predicted octanol–water partition coefficient (Wildman–Crippen LogP) is 2.74. The Morgan fingerprint density at radius 1 is 1.36 bits per heavy atom. The molecule has 2 N–H and O–H groups in total. The normalized spacial score (nSPS) is 22.3. The number of rotatable bonds is 1. The van der Waals surface area contributed by atoms with Crippen molar-refractivity contribution in [2.24, 2.45) is 0 Å². The summed E-state index contributed by atoms with van der Waals surface area (Å²) in [4.78, 5) is 20.6. The third kappa shape index (κ3) is 2.57. The molecule has 2 aromatic heterocycles. The summed E-state index contributed by atoms with van der Waals surface area (Å²) >= 11 is 1.39. The van der Waals surface area contributed by atoms with Crippen LogP contribution in [0, 0.1) is 13.8 Å². The van der Waals surface area contributed by atoms with Gasteiger partial charge in [-0.25, -0.2) is 4.98 Å². The smallest absolute Gasteiger partial charge is 0.266 e. The zero-order chi connectivity index (χ0) is 16.0. The van der Waals surface area contributed by atoms with Crippen molar-refractivity contribution >= 4 is 33.1 Å². The lowest BCUT2D eigenvalue weighted by atomic mass is 10.1. The molecule has 0 spiro atoms. The fourth-order valence-electron chi connectivity index (χ4n) is 3.12. The van der Waals surface area contributed by atoms with Crippen LogP contribution in [0.25, 0.3) is 10.2 Å². The van der Waals surface area contributed by atoms with Crippen LogP contribution >= 0.6 is 11.3 Å². The van der Waals surface area contributed by atoms with Crippen LogP contribution in [0.1, 0.15) is 34.8 Å². The van der Waals surface area contributed by atoms with E-state index in [0.29, 0.717) is 23.7 Å². The van der Waals surface area contributed by atoms with Gasteiger partial charge in [-0.3, -0.25) is 4.79 Å². The molecule has 0 aliphatic carbocycles. The van der Waals surface area contributed by atoms with Crippen molar-refractivity contribution in [3.05, 3.63) is 22.2 Å². The molecule has 3 heterocycles.